The summed E-state index contributed by atoms with van der Waals surface area (Å²) >= 11 is 0. The Balaban J connectivity index is 0.00000220. The SMILES string of the molecule is CCC(C)N1CCCCC1C(=O)NC(C(=O)N(C)C/C=C(\C)C(=O)O)C(C)C.CCCC. The third-order valence-corrected chi connectivity index (χ3v) is 6.12. The Labute approximate surface area is 195 Å². The lowest BCUT2D eigenvalue weighted by Gasteiger charge is -2.39. The van der Waals surface area contributed by atoms with Gasteiger partial charge in [-0.2, -0.15) is 0 Å². The minimum Gasteiger partial charge on any atom is -0.478 e. The Hall–Kier alpha value is -1.89. The summed E-state index contributed by atoms with van der Waals surface area (Å²) in [5.74, 6) is -1.36. The fourth-order valence-electron chi connectivity index (χ4n) is 3.45. The van der Waals surface area contributed by atoms with Crippen molar-refractivity contribution in [1.29, 1.82) is 0 Å². The van der Waals surface area contributed by atoms with Crippen molar-refractivity contribution in [1.82, 2.24) is 15.1 Å². The number of nitrogens with zero attached hydrogens (tertiary/aromatic N) is 2. The molecule has 2 amide bonds. The zero-order valence-electron chi connectivity index (χ0n) is 21.6. The number of aliphatic carboxylic acids is 1. The van der Waals surface area contributed by atoms with Crippen LogP contribution in [0.15, 0.2) is 11.6 Å². The Morgan fingerprint density at radius 1 is 1.12 bits per heavy atom. The first-order valence-corrected chi connectivity index (χ1v) is 12.2. The maximum Gasteiger partial charge on any atom is 0.331 e. The Kier molecular flexibility index (Phi) is 14.9. The van der Waals surface area contributed by atoms with Crippen LogP contribution >= 0.6 is 0 Å². The van der Waals surface area contributed by atoms with Crippen molar-refractivity contribution in [3.63, 3.8) is 0 Å². The molecule has 1 heterocycles. The number of piperidine rings is 1. The lowest BCUT2D eigenvalue weighted by molar-refractivity contribution is -0.138. The van der Waals surface area contributed by atoms with Gasteiger partial charge in [0.15, 0.2) is 0 Å². The highest BCUT2D eigenvalue weighted by atomic mass is 16.4. The van der Waals surface area contributed by atoms with Crippen molar-refractivity contribution in [2.75, 3.05) is 20.1 Å². The van der Waals surface area contributed by atoms with Crippen LogP contribution in [0.3, 0.4) is 0 Å². The van der Waals surface area contributed by atoms with Gasteiger partial charge in [-0.05, 0) is 45.6 Å². The summed E-state index contributed by atoms with van der Waals surface area (Å²) in [5, 5.41) is 11.9. The molecule has 0 aromatic heterocycles. The van der Waals surface area contributed by atoms with E-state index < -0.39 is 12.0 Å². The maximum atomic E-state index is 13.0. The summed E-state index contributed by atoms with van der Waals surface area (Å²) < 4.78 is 0. The van der Waals surface area contributed by atoms with E-state index in [0.717, 1.165) is 32.2 Å². The summed E-state index contributed by atoms with van der Waals surface area (Å²) in [5.41, 5.74) is 0.191. The number of likely N-dealkylation sites (tertiary alicyclic amines) is 1. The predicted molar refractivity (Wildman–Crippen MR) is 130 cm³/mol. The van der Waals surface area contributed by atoms with Crippen LogP contribution in [-0.4, -0.2) is 71.0 Å². The van der Waals surface area contributed by atoms with Crippen LogP contribution < -0.4 is 5.32 Å². The van der Waals surface area contributed by atoms with Gasteiger partial charge >= 0.3 is 5.97 Å². The predicted octanol–water partition coefficient (Wildman–Crippen LogP) is 4.08. The first-order valence-electron chi connectivity index (χ1n) is 12.2. The fourth-order valence-corrected chi connectivity index (χ4v) is 3.45. The Morgan fingerprint density at radius 3 is 2.19 bits per heavy atom. The van der Waals surface area contributed by atoms with Gasteiger partial charge in [-0.1, -0.05) is 60.0 Å². The van der Waals surface area contributed by atoms with Crippen molar-refractivity contribution in [2.45, 2.75) is 105 Å². The molecule has 0 aromatic rings. The molecule has 2 N–H and O–H groups in total. The second-order valence-electron chi connectivity index (χ2n) is 9.15. The number of rotatable bonds is 10. The van der Waals surface area contributed by atoms with Gasteiger partial charge in [0.1, 0.15) is 6.04 Å². The molecule has 0 aliphatic carbocycles. The average molecular weight is 454 g/mol. The Morgan fingerprint density at radius 2 is 1.72 bits per heavy atom. The lowest BCUT2D eigenvalue weighted by Crippen LogP contribution is -2.58. The zero-order valence-corrected chi connectivity index (χ0v) is 21.6. The minimum absolute atomic E-state index is 0.0657. The largest absolute Gasteiger partial charge is 0.478 e. The van der Waals surface area contributed by atoms with E-state index in [0.29, 0.717) is 6.04 Å². The molecule has 0 saturated carbocycles. The maximum absolute atomic E-state index is 13.0. The molecule has 0 spiro atoms. The highest BCUT2D eigenvalue weighted by molar-refractivity contribution is 5.90. The molecule has 7 heteroatoms. The zero-order chi connectivity index (χ0) is 24.8. The summed E-state index contributed by atoms with van der Waals surface area (Å²) in [6.07, 6.45) is 8.05. The summed E-state index contributed by atoms with van der Waals surface area (Å²) in [6, 6.07) is -0.495. The van der Waals surface area contributed by atoms with Crippen molar-refractivity contribution < 1.29 is 19.5 Å². The van der Waals surface area contributed by atoms with Crippen LogP contribution in [0.4, 0.5) is 0 Å². The number of likely N-dealkylation sites (N-methyl/N-ethyl adjacent to an activating group) is 1. The smallest absolute Gasteiger partial charge is 0.331 e. The second-order valence-corrected chi connectivity index (χ2v) is 9.15. The molecule has 0 radical (unpaired) electrons. The van der Waals surface area contributed by atoms with E-state index >= 15 is 0 Å². The topological polar surface area (TPSA) is 90.0 Å². The van der Waals surface area contributed by atoms with Crippen molar-refractivity contribution in [2.24, 2.45) is 5.92 Å². The van der Waals surface area contributed by atoms with Gasteiger partial charge < -0.3 is 15.3 Å². The van der Waals surface area contributed by atoms with Gasteiger partial charge in [-0.3, -0.25) is 14.5 Å². The number of carbonyl (C=O) groups is 3. The van der Waals surface area contributed by atoms with Crippen LogP contribution in [0, 0.1) is 5.92 Å². The lowest BCUT2D eigenvalue weighted by atomic mass is 9.96. The number of carboxylic acid groups (broad SMARTS) is 1. The van der Waals surface area contributed by atoms with Gasteiger partial charge in [-0.15, -0.1) is 0 Å². The summed E-state index contributed by atoms with van der Waals surface area (Å²) in [4.78, 5) is 40.5. The number of hydrogen-bond acceptors (Lipinski definition) is 4. The number of carbonyl (C=O) groups excluding carboxylic acids is 2. The van der Waals surface area contributed by atoms with Crippen LogP contribution in [0.1, 0.15) is 87.0 Å². The Bertz CT molecular complexity index is 616. The van der Waals surface area contributed by atoms with Gasteiger partial charge in [0.05, 0.1) is 6.04 Å². The molecule has 186 valence electrons. The number of unbranched alkanes of at least 4 members (excludes halogenated alkanes) is 1. The number of nitrogens with one attached hydrogen (secondary N) is 1. The first-order chi connectivity index (χ1) is 15.0. The van der Waals surface area contributed by atoms with Crippen LogP contribution in [0.5, 0.6) is 0 Å². The molecular formula is C25H47N3O4. The van der Waals surface area contributed by atoms with Crippen molar-refractivity contribution in [3.05, 3.63) is 11.6 Å². The summed E-state index contributed by atoms with van der Waals surface area (Å²) in [6.45, 7) is 15.0. The molecular weight excluding hydrogens is 406 g/mol. The molecule has 1 saturated heterocycles. The van der Waals surface area contributed by atoms with E-state index in [-0.39, 0.29) is 35.9 Å². The van der Waals surface area contributed by atoms with Crippen LogP contribution in [-0.2, 0) is 14.4 Å². The number of amides is 2. The summed E-state index contributed by atoms with van der Waals surface area (Å²) in [7, 11) is 1.63. The molecule has 0 bridgehead atoms. The van der Waals surface area contributed by atoms with E-state index in [1.54, 1.807) is 7.05 Å². The molecule has 1 aliphatic rings. The van der Waals surface area contributed by atoms with E-state index in [4.69, 9.17) is 5.11 Å². The first kappa shape index (κ1) is 30.1. The standard InChI is InChI=1S/C21H37N3O4.C4H10/c1-7-16(5)24-12-9-8-10-17(24)19(25)22-18(14(2)3)20(26)23(6)13-11-15(4)21(27)28;1-3-4-2/h11,14,16-18H,7-10,12-13H2,1-6H3,(H,22,25)(H,27,28);3-4H2,1-2H3/b15-11+;. The molecule has 1 aliphatic heterocycles. The normalized spacial score (nSPS) is 18.9. The minimum atomic E-state index is -1.00. The van der Waals surface area contributed by atoms with Crippen molar-refractivity contribution in [3.8, 4) is 0 Å². The van der Waals surface area contributed by atoms with E-state index in [9.17, 15) is 14.4 Å². The molecule has 3 unspecified atom stereocenters. The van der Waals surface area contributed by atoms with Gasteiger partial charge in [0.25, 0.3) is 0 Å². The average Bonchev–Trinajstić information content (AvgIpc) is 2.79. The van der Waals surface area contributed by atoms with Gasteiger partial charge in [0.2, 0.25) is 11.8 Å². The van der Waals surface area contributed by atoms with Gasteiger partial charge in [-0.25, -0.2) is 4.79 Å². The number of carboxylic acids is 1. The molecule has 1 rings (SSSR count). The highest BCUT2D eigenvalue weighted by Gasteiger charge is 2.34. The molecule has 3 atom stereocenters. The quantitative estimate of drug-likeness (QED) is 0.487. The number of hydrogen-bond donors (Lipinski definition) is 2. The molecule has 32 heavy (non-hydrogen) atoms. The van der Waals surface area contributed by atoms with E-state index in [1.807, 2.05) is 13.8 Å². The van der Waals surface area contributed by atoms with Crippen LogP contribution in [0.2, 0.25) is 0 Å². The highest BCUT2D eigenvalue weighted by Crippen LogP contribution is 2.21. The van der Waals surface area contributed by atoms with E-state index in [1.165, 1.54) is 30.7 Å². The van der Waals surface area contributed by atoms with Crippen LogP contribution in [0.25, 0.3) is 0 Å². The fraction of sp³-hybridized carbons (Fsp3) is 0.800. The molecule has 1 fully saturated rings. The van der Waals surface area contributed by atoms with E-state index in [2.05, 4.69) is 37.9 Å². The molecule has 0 aromatic carbocycles. The molecule has 7 nitrogen and oxygen atoms in total. The monoisotopic (exact) mass is 453 g/mol. The third-order valence-electron chi connectivity index (χ3n) is 6.12. The second kappa shape index (κ2) is 15.8. The van der Waals surface area contributed by atoms with Crippen molar-refractivity contribution >= 4 is 17.8 Å². The van der Waals surface area contributed by atoms with Gasteiger partial charge in [0, 0.05) is 25.2 Å². The third kappa shape index (κ3) is 10.2.